The van der Waals surface area contributed by atoms with Gasteiger partial charge in [-0.05, 0) is 42.0 Å². The molecule has 0 spiro atoms. The van der Waals surface area contributed by atoms with Gasteiger partial charge in [-0.2, -0.15) is 5.10 Å². The molecule has 0 atom stereocenters. The van der Waals surface area contributed by atoms with E-state index in [2.05, 4.69) is 52.7 Å². The molecule has 0 aliphatic carbocycles. The second kappa shape index (κ2) is 7.77. The minimum Gasteiger partial charge on any atom is -0.362 e. The van der Waals surface area contributed by atoms with E-state index in [1.54, 1.807) is 6.21 Å². The first-order valence-corrected chi connectivity index (χ1v) is 8.50. The maximum Gasteiger partial charge on any atom is 0.259 e. The van der Waals surface area contributed by atoms with Crippen molar-refractivity contribution in [1.29, 1.82) is 0 Å². The van der Waals surface area contributed by atoms with Crippen LogP contribution in [0.4, 0.5) is 5.69 Å². The summed E-state index contributed by atoms with van der Waals surface area (Å²) in [5, 5.41) is 4.07. The molecule has 1 aliphatic heterocycles. The lowest BCUT2D eigenvalue weighted by atomic mass is 10.0. The van der Waals surface area contributed by atoms with Crippen molar-refractivity contribution in [2.75, 3.05) is 18.0 Å². The van der Waals surface area contributed by atoms with E-state index in [0.29, 0.717) is 6.54 Å². The SMILES string of the molecule is CCc1ccc(/C=N/NC(=O)CN2CCCc3ccccc32)cc1. The van der Waals surface area contributed by atoms with Crippen LogP contribution < -0.4 is 10.3 Å². The Bertz CT molecular complexity index is 722. The Morgan fingerprint density at radius 2 is 2.00 bits per heavy atom. The van der Waals surface area contributed by atoms with Gasteiger partial charge >= 0.3 is 0 Å². The highest BCUT2D eigenvalue weighted by molar-refractivity contribution is 5.84. The predicted molar refractivity (Wildman–Crippen MR) is 98.5 cm³/mol. The molecule has 4 nitrogen and oxygen atoms in total. The van der Waals surface area contributed by atoms with Crippen molar-refractivity contribution in [3.05, 3.63) is 65.2 Å². The standard InChI is InChI=1S/C20H23N3O/c1-2-16-9-11-17(12-10-16)14-21-22-20(24)15-23-13-5-7-18-6-3-4-8-19(18)23/h3-4,6,8-12,14H,2,5,7,13,15H2,1H3,(H,22,24)/b21-14+. The number of nitrogens with zero attached hydrogens (tertiary/aromatic N) is 2. The van der Waals surface area contributed by atoms with Crippen LogP contribution in [0, 0.1) is 0 Å². The minimum absolute atomic E-state index is 0.0897. The minimum atomic E-state index is -0.0897. The van der Waals surface area contributed by atoms with Crippen LogP contribution in [0.3, 0.4) is 0 Å². The highest BCUT2D eigenvalue weighted by atomic mass is 16.2. The number of benzene rings is 2. The maximum atomic E-state index is 12.1. The number of fused-ring (bicyclic) bond motifs is 1. The van der Waals surface area contributed by atoms with Crippen molar-refractivity contribution in [1.82, 2.24) is 5.43 Å². The van der Waals surface area contributed by atoms with Crippen LogP contribution in [0.5, 0.6) is 0 Å². The number of hydrogen-bond acceptors (Lipinski definition) is 3. The molecular weight excluding hydrogens is 298 g/mol. The lowest BCUT2D eigenvalue weighted by Crippen LogP contribution is -2.38. The second-order valence-corrected chi connectivity index (χ2v) is 6.04. The lowest BCUT2D eigenvalue weighted by molar-refractivity contribution is -0.119. The third kappa shape index (κ3) is 4.02. The molecule has 1 heterocycles. The smallest absolute Gasteiger partial charge is 0.259 e. The summed E-state index contributed by atoms with van der Waals surface area (Å²) >= 11 is 0. The van der Waals surface area contributed by atoms with Crippen molar-refractivity contribution >= 4 is 17.8 Å². The molecule has 24 heavy (non-hydrogen) atoms. The zero-order chi connectivity index (χ0) is 16.8. The summed E-state index contributed by atoms with van der Waals surface area (Å²) in [6.45, 7) is 3.37. The van der Waals surface area contributed by atoms with Crippen molar-refractivity contribution < 1.29 is 4.79 Å². The lowest BCUT2D eigenvalue weighted by Gasteiger charge is -2.30. The third-order valence-corrected chi connectivity index (χ3v) is 4.33. The number of anilines is 1. The molecule has 0 aromatic heterocycles. The van der Waals surface area contributed by atoms with Gasteiger partial charge in [-0.25, -0.2) is 5.43 Å². The number of hydrogen-bond donors (Lipinski definition) is 1. The van der Waals surface area contributed by atoms with E-state index in [1.165, 1.54) is 11.1 Å². The third-order valence-electron chi connectivity index (χ3n) is 4.33. The number of aryl methyl sites for hydroxylation is 2. The average Bonchev–Trinajstić information content (AvgIpc) is 2.63. The number of nitrogens with one attached hydrogen (secondary N) is 1. The number of rotatable bonds is 5. The number of carbonyl (C=O) groups excluding carboxylic acids is 1. The van der Waals surface area contributed by atoms with E-state index < -0.39 is 0 Å². The van der Waals surface area contributed by atoms with Crippen molar-refractivity contribution in [3.8, 4) is 0 Å². The van der Waals surface area contributed by atoms with Crippen molar-refractivity contribution in [2.24, 2.45) is 5.10 Å². The fraction of sp³-hybridized carbons (Fsp3) is 0.300. The predicted octanol–water partition coefficient (Wildman–Crippen LogP) is 3.15. The Balaban J connectivity index is 1.55. The van der Waals surface area contributed by atoms with Gasteiger partial charge in [0.25, 0.3) is 5.91 Å². The number of amides is 1. The van der Waals surface area contributed by atoms with Gasteiger partial charge in [-0.1, -0.05) is 49.4 Å². The van der Waals surface area contributed by atoms with Gasteiger partial charge < -0.3 is 4.90 Å². The second-order valence-electron chi connectivity index (χ2n) is 6.04. The summed E-state index contributed by atoms with van der Waals surface area (Å²) in [5.41, 5.74) is 7.38. The summed E-state index contributed by atoms with van der Waals surface area (Å²) in [7, 11) is 0. The first kappa shape index (κ1) is 16.2. The van der Waals surface area contributed by atoms with Gasteiger partial charge in [-0.3, -0.25) is 4.79 Å². The molecule has 0 unspecified atom stereocenters. The van der Waals surface area contributed by atoms with Crippen LogP contribution in [-0.2, 0) is 17.6 Å². The number of carbonyl (C=O) groups is 1. The summed E-state index contributed by atoms with van der Waals surface area (Å²) < 4.78 is 0. The Morgan fingerprint density at radius 3 is 2.79 bits per heavy atom. The van der Waals surface area contributed by atoms with E-state index in [9.17, 15) is 4.79 Å². The number of para-hydroxylation sites is 1. The fourth-order valence-corrected chi connectivity index (χ4v) is 3.00. The summed E-state index contributed by atoms with van der Waals surface area (Å²) in [6.07, 6.45) is 4.87. The van der Waals surface area contributed by atoms with E-state index in [1.807, 2.05) is 18.2 Å². The van der Waals surface area contributed by atoms with Crippen LogP contribution in [0.15, 0.2) is 53.6 Å². The zero-order valence-electron chi connectivity index (χ0n) is 14.0. The Labute approximate surface area is 143 Å². The monoisotopic (exact) mass is 321 g/mol. The van der Waals surface area contributed by atoms with Gasteiger partial charge in [0.2, 0.25) is 0 Å². The van der Waals surface area contributed by atoms with Gasteiger partial charge in [0, 0.05) is 12.2 Å². The zero-order valence-corrected chi connectivity index (χ0v) is 14.0. The molecule has 3 rings (SSSR count). The first-order valence-electron chi connectivity index (χ1n) is 8.50. The topological polar surface area (TPSA) is 44.7 Å². The summed E-state index contributed by atoms with van der Waals surface area (Å²) in [6, 6.07) is 16.5. The molecule has 2 aromatic rings. The van der Waals surface area contributed by atoms with Crippen LogP contribution in [0.1, 0.15) is 30.0 Å². The quantitative estimate of drug-likeness (QED) is 0.679. The van der Waals surface area contributed by atoms with Crippen LogP contribution in [0.2, 0.25) is 0 Å². The molecule has 124 valence electrons. The van der Waals surface area contributed by atoms with E-state index >= 15 is 0 Å². The normalized spacial score (nSPS) is 13.8. The van der Waals surface area contributed by atoms with Crippen molar-refractivity contribution in [3.63, 3.8) is 0 Å². The molecule has 0 bridgehead atoms. The summed E-state index contributed by atoms with van der Waals surface area (Å²) in [5.74, 6) is -0.0897. The molecule has 1 amide bonds. The van der Waals surface area contributed by atoms with Crippen LogP contribution in [-0.4, -0.2) is 25.2 Å². The summed E-state index contributed by atoms with van der Waals surface area (Å²) in [4.78, 5) is 14.3. The Hall–Kier alpha value is -2.62. The van der Waals surface area contributed by atoms with Crippen LogP contribution >= 0.6 is 0 Å². The molecule has 0 radical (unpaired) electrons. The van der Waals surface area contributed by atoms with E-state index in [0.717, 1.165) is 37.1 Å². The number of hydrazone groups is 1. The Morgan fingerprint density at radius 1 is 1.21 bits per heavy atom. The highest BCUT2D eigenvalue weighted by Gasteiger charge is 2.18. The van der Waals surface area contributed by atoms with Gasteiger partial charge in [0.1, 0.15) is 0 Å². The van der Waals surface area contributed by atoms with Gasteiger partial charge in [0.15, 0.2) is 0 Å². The van der Waals surface area contributed by atoms with E-state index in [-0.39, 0.29) is 5.91 Å². The fourth-order valence-electron chi connectivity index (χ4n) is 3.00. The molecule has 1 aliphatic rings. The highest BCUT2D eigenvalue weighted by Crippen LogP contribution is 2.26. The maximum absolute atomic E-state index is 12.1. The van der Waals surface area contributed by atoms with Gasteiger partial charge in [0.05, 0.1) is 12.8 Å². The van der Waals surface area contributed by atoms with Crippen LogP contribution in [0.25, 0.3) is 0 Å². The van der Waals surface area contributed by atoms with E-state index in [4.69, 9.17) is 0 Å². The van der Waals surface area contributed by atoms with Gasteiger partial charge in [-0.15, -0.1) is 0 Å². The molecule has 4 heteroatoms. The molecular formula is C20H23N3O. The first-order chi connectivity index (χ1) is 11.8. The molecule has 0 saturated heterocycles. The largest absolute Gasteiger partial charge is 0.362 e. The van der Waals surface area contributed by atoms with Crippen molar-refractivity contribution in [2.45, 2.75) is 26.2 Å². The molecule has 1 N–H and O–H groups in total. The average molecular weight is 321 g/mol. The Kier molecular flexibility index (Phi) is 5.26. The molecule has 2 aromatic carbocycles. The molecule has 0 fully saturated rings. The molecule has 0 saturated carbocycles.